The smallest absolute Gasteiger partial charge is 0.251 e. The topological polar surface area (TPSA) is 72.5 Å². The van der Waals surface area contributed by atoms with Crippen LogP contribution in [0.15, 0.2) is 53.4 Å². The second-order valence-corrected chi connectivity index (χ2v) is 8.21. The monoisotopic (exact) mass is 361 g/mol. The first kappa shape index (κ1) is 19.0. The molecule has 0 spiro atoms. The van der Waals surface area contributed by atoms with Crippen molar-refractivity contribution in [2.45, 2.75) is 37.8 Å². The minimum atomic E-state index is -3.28. The molecular formula is C19H23NO4S. The summed E-state index contributed by atoms with van der Waals surface area (Å²) in [4.78, 5) is 12.6. The molecule has 1 amide bonds. The predicted octanol–water partition coefficient (Wildman–Crippen LogP) is 3.37. The molecule has 0 heterocycles. The van der Waals surface area contributed by atoms with E-state index in [-0.39, 0.29) is 22.9 Å². The van der Waals surface area contributed by atoms with Gasteiger partial charge in [0.15, 0.2) is 9.84 Å². The molecule has 0 unspecified atom stereocenters. The summed E-state index contributed by atoms with van der Waals surface area (Å²) in [6.45, 7) is 5.78. The molecule has 0 aliphatic rings. The molecule has 0 radical (unpaired) electrons. The Morgan fingerprint density at radius 2 is 1.60 bits per heavy atom. The number of sulfone groups is 1. The number of hydrogen-bond acceptors (Lipinski definition) is 4. The van der Waals surface area contributed by atoms with Crippen LogP contribution >= 0.6 is 0 Å². The van der Waals surface area contributed by atoms with Crippen molar-refractivity contribution in [2.75, 3.05) is 6.26 Å². The van der Waals surface area contributed by atoms with Gasteiger partial charge in [0.2, 0.25) is 0 Å². The largest absolute Gasteiger partial charge is 0.491 e. The van der Waals surface area contributed by atoms with Crippen LogP contribution in [-0.4, -0.2) is 26.7 Å². The number of benzene rings is 2. The van der Waals surface area contributed by atoms with Crippen molar-refractivity contribution in [1.29, 1.82) is 0 Å². The fraction of sp³-hybridized carbons (Fsp3) is 0.316. The fourth-order valence-corrected chi connectivity index (χ4v) is 3.04. The minimum Gasteiger partial charge on any atom is -0.491 e. The van der Waals surface area contributed by atoms with Crippen LogP contribution in [0, 0.1) is 0 Å². The number of ether oxygens (including phenoxy) is 1. The summed E-state index contributed by atoms with van der Waals surface area (Å²) in [5.41, 5.74) is 1.29. The Kier molecular flexibility index (Phi) is 5.85. The van der Waals surface area contributed by atoms with Gasteiger partial charge in [-0.15, -0.1) is 0 Å². The molecular weight excluding hydrogens is 338 g/mol. The molecule has 25 heavy (non-hydrogen) atoms. The Hall–Kier alpha value is -2.34. The van der Waals surface area contributed by atoms with Crippen molar-refractivity contribution in [1.82, 2.24) is 5.32 Å². The molecule has 134 valence electrons. The maximum Gasteiger partial charge on any atom is 0.251 e. The van der Waals surface area contributed by atoms with Gasteiger partial charge in [0, 0.05) is 17.4 Å². The zero-order valence-corrected chi connectivity index (χ0v) is 15.6. The number of para-hydroxylation sites is 1. The Balaban J connectivity index is 2.15. The van der Waals surface area contributed by atoms with Gasteiger partial charge in [0.1, 0.15) is 5.75 Å². The van der Waals surface area contributed by atoms with Crippen LogP contribution in [0.2, 0.25) is 0 Å². The van der Waals surface area contributed by atoms with Crippen molar-refractivity contribution in [3.05, 3.63) is 59.7 Å². The zero-order chi connectivity index (χ0) is 18.6. The molecule has 0 fully saturated rings. The molecule has 0 aliphatic carbocycles. The molecule has 2 aromatic carbocycles. The molecule has 0 saturated heterocycles. The van der Waals surface area contributed by atoms with Gasteiger partial charge in [0.05, 0.1) is 17.0 Å². The summed E-state index contributed by atoms with van der Waals surface area (Å²) >= 11 is 0. The van der Waals surface area contributed by atoms with E-state index in [9.17, 15) is 13.2 Å². The SMILES string of the molecule is CC(C)Oc1ccccc1[C@H](C)NC(=O)c1ccc(S(C)(=O)=O)cc1. The van der Waals surface area contributed by atoms with E-state index in [1.165, 1.54) is 24.3 Å². The van der Waals surface area contributed by atoms with Gasteiger partial charge < -0.3 is 10.1 Å². The quantitative estimate of drug-likeness (QED) is 0.856. The van der Waals surface area contributed by atoms with E-state index in [2.05, 4.69) is 5.32 Å². The van der Waals surface area contributed by atoms with E-state index >= 15 is 0 Å². The highest BCUT2D eigenvalue weighted by Gasteiger charge is 2.16. The molecule has 0 bridgehead atoms. The summed E-state index contributed by atoms with van der Waals surface area (Å²) < 4.78 is 28.8. The first-order chi connectivity index (χ1) is 11.7. The first-order valence-electron chi connectivity index (χ1n) is 8.05. The fourth-order valence-electron chi connectivity index (χ4n) is 2.41. The third-order valence-corrected chi connectivity index (χ3v) is 4.77. The lowest BCUT2D eigenvalue weighted by atomic mass is 10.1. The van der Waals surface area contributed by atoms with Crippen molar-refractivity contribution < 1.29 is 17.9 Å². The first-order valence-corrected chi connectivity index (χ1v) is 9.94. The maximum atomic E-state index is 12.4. The highest BCUT2D eigenvalue weighted by Crippen LogP contribution is 2.26. The number of carbonyl (C=O) groups is 1. The van der Waals surface area contributed by atoms with Gasteiger partial charge in [0.25, 0.3) is 5.91 Å². The number of rotatable bonds is 6. The average molecular weight is 361 g/mol. The van der Waals surface area contributed by atoms with Crippen LogP contribution < -0.4 is 10.1 Å². The Labute approximate surface area is 148 Å². The van der Waals surface area contributed by atoms with Crippen LogP contribution in [0.5, 0.6) is 5.75 Å². The Bertz CT molecular complexity index is 842. The maximum absolute atomic E-state index is 12.4. The summed E-state index contributed by atoms with van der Waals surface area (Å²) in [5.74, 6) is 0.463. The van der Waals surface area contributed by atoms with Gasteiger partial charge in [-0.05, 0) is 51.1 Å². The van der Waals surface area contributed by atoms with E-state index in [1.54, 1.807) is 0 Å². The molecule has 0 saturated carbocycles. The van der Waals surface area contributed by atoms with Gasteiger partial charge in [-0.2, -0.15) is 0 Å². The third-order valence-electron chi connectivity index (χ3n) is 3.64. The van der Waals surface area contributed by atoms with Crippen LogP contribution in [0.1, 0.15) is 42.7 Å². The van der Waals surface area contributed by atoms with E-state index in [0.717, 1.165) is 17.6 Å². The van der Waals surface area contributed by atoms with E-state index in [0.29, 0.717) is 5.56 Å². The molecule has 6 heteroatoms. The van der Waals surface area contributed by atoms with E-state index < -0.39 is 9.84 Å². The van der Waals surface area contributed by atoms with Crippen molar-refractivity contribution in [3.63, 3.8) is 0 Å². The van der Waals surface area contributed by atoms with Crippen LogP contribution in [0.4, 0.5) is 0 Å². The Morgan fingerprint density at radius 1 is 1.00 bits per heavy atom. The lowest BCUT2D eigenvalue weighted by Crippen LogP contribution is -2.27. The summed E-state index contributed by atoms with van der Waals surface area (Å²) in [6, 6.07) is 13.2. The molecule has 5 nitrogen and oxygen atoms in total. The molecule has 2 rings (SSSR count). The molecule has 1 N–H and O–H groups in total. The number of carbonyl (C=O) groups excluding carboxylic acids is 1. The standard InChI is InChI=1S/C19H23NO4S/c1-13(2)24-18-8-6-5-7-17(18)14(3)20-19(21)15-9-11-16(12-10-15)25(4,22)23/h5-14H,1-4H3,(H,20,21)/t14-/m0/s1. The van der Waals surface area contributed by atoms with Crippen LogP contribution in [0.3, 0.4) is 0 Å². The van der Waals surface area contributed by atoms with Gasteiger partial charge in [-0.1, -0.05) is 18.2 Å². The summed E-state index contributed by atoms with van der Waals surface area (Å²) in [5, 5.41) is 2.92. The van der Waals surface area contributed by atoms with Crippen molar-refractivity contribution in [2.24, 2.45) is 0 Å². The molecule has 2 aromatic rings. The zero-order valence-electron chi connectivity index (χ0n) is 14.8. The molecule has 0 aliphatic heterocycles. The lowest BCUT2D eigenvalue weighted by Gasteiger charge is -2.20. The Morgan fingerprint density at radius 3 is 2.16 bits per heavy atom. The van der Waals surface area contributed by atoms with E-state index in [4.69, 9.17) is 4.74 Å². The number of hydrogen-bond donors (Lipinski definition) is 1. The molecule has 1 atom stereocenters. The third kappa shape index (κ3) is 5.06. The van der Waals surface area contributed by atoms with Crippen LogP contribution in [0.25, 0.3) is 0 Å². The molecule has 0 aromatic heterocycles. The summed E-state index contributed by atoms with van der Waals surface area (Å²) in [7, 11) is -3.28. The average Bonchev–Trinajstić information content (AvgIpc) is 2.54. The second kappa shape index (κ2) is 7.70. The normalized spacial score (nSPS) is 12.7. The van der Waals surface area contributed by atoms with Crippen molar-refractivity contribution in [3.8, 4) is 5.75 Å². The van der Waals surface area contributed by atoms with Crippen LogP contribution in [-0.2, 0) is 9.84 Å². The van der Waals surface area contributed by atoms with Crippen molar-refractivity contribution >= 4 is 15.7 Å². The minimum absolute atomic E-state index is 0.0348. The second-order valence-electron chi connectivity index (χ2n) is 6.20. The summed E-state index contributed by atoms with van der Waals surface area (Å²) in [6.07, 6.45) is 1.17. The van der Waals surface area contributed by atoms with E-state index in [1.807, 2.05) is 45.0 Å². The van der Waals surface area contributed by atoms with Gasteiger partial charge >= 0.3 is 0 Å². The number of amides is 1. The highest BCUT2D eigenvalue weighted by atomic mass is 32.2. The highest BCUT2D eigenvalue weighted by molar-refractivity contribution is 7.90. The lowest BCUT2D eigenvalue weighted by molar-refractivity contribution is 0.0939. The predicted molar refractivity (Wildman–Crippen MR) is 97.6 cm³/mol. The van der Waals surface area contributed by atoms with Gasteiger partial charge in [-0.25, -0.2) is 8.42 Å². The van der Waals surface area contributed by atoms with Gasteiger partial charge in [-0.3, -0.25) is 4.79 Å². The number of nitrogens with one attached hydrogen (secondary N) is 1.